The standard InChI is InChI=1S/C35H35N7O10S4/c1-19-39-40-35(55-19)54-18-22-17-53-33-27(32(48)42(33)28(22)34(49)50)38-31(47)26(21-5-3-2-4-6-21)37-30(46)24-11-12-25(36-29(24)45)20-7-9-23(10-8-20)56(51,52)41(13-15-43)14-16-44/h2-12,26-27,33,43-44H,13-18H2,1H3,(H,36,45)(H,37,46)(H,38,47)(H,49,50)/t26?,27?,33-/m0/s1. The number of aliphatic hydroxyl groups excluding tert-OH is 2. The van der Waals surface area contributed by atoms with E-state index in [1.54, 1.807) is 30.3 Å². The summed E-state index contributed by atoms with van der Waals surface area (Å²) in [5, 5.41) is 41.9. The second-order valence-corrected chi connectivity index (χ2v) is 17.8. The number of aromatic nitrogens is 3. The maximum atomic E-state index is 13.8. The van der Waals surface area contributed by atoms with E-state index < -0.39 is 69.9 Å². The maximum Gasteiger partial charge on any atom is 0.352 e. The first kappa shape index (κ1) is 40.8. The van der Waals surface area contributed by atoms with E-state index in [0.717, 1.165) is 14.2 Å². The molecule has 0 spiro atoms. The van der Waals surface area contributed by atoms with Gasteiger partial charge in [-0.1, -0.05) is 65.6 Å². The zero-order chi connectivity index (χ0) is 40.1. The minimum atomic E-state index is -4.02. The van der Waals surface area contributed by atoms with Gasteiger partial charge in [-0.2, -0.15) is 4.31 Å². The van der Waals surface area contributed by atoms with E-state index in [-0.39, 0.29) is 40.7 Å². The highest BCUT2D eigenvalue weighted by Crippen LogP contribution is 2.42. The minimum Gasteiger partial charge on any atom is -0.477 e. The Balaban J connectivity index is 1.16. The molecule has 4 aromatic rings. The van der Waals surface area contributed by atoms with E-state index in [1.165, 1.54) is 71.3 Å². The second kappa shape index (κ2) is 17.5. The molecule has 6 rings (SSSR count). The van der Waals surface area contributed by atoms with Crippen molar-refractivity contribution in [3.63, 3.8) is 0 Å². The Hall–Kier alpha value is -4.90. The number of sulfonamides is 1. The van der Waals surface area contributed by atoms with Gasteiger partial charge in [0.05, 0.1) is 18.1 Å². The first-order valence-corrected chi connectivity index (χ1v) is 21.2. The number of hydrogen-bond donors (Lipinski definition) is 6. The number of aromatic amines is 1. The molecule has 294 valence electrons. The lowest BCUT2D eigenvalue weighted by Crippen LogP contribution is -2.71. The monoisotopic (exact) mass is 841 g/mol. The van der Waals surface area contributed by atoms with E-state index >= 15 is 0 Å². The lowest BCUT2D eigenvalue weighted by atomic mass is 10.0. The van der Waals surface area contributed by atoms with Gasteiger partial charge in [-0.3, -0.25) is 24.1 Å². The fourth-order valence-corrected chi connectivity index (χ4v) is 10.7. The van der Waals surface area contributed by atoms with Gasteiger partial charge in [0.15, 0.2) is 4.34 Å². The summed E-state index contributed by atoms with van der Waals surface area (Å²) < 4.78 is 27.6. The van der Waals surface area contributed by atoms with Crippen LogP contribution in [0.1, 0.15) is 27.0 Å². The van der Waals surface area contributed by atoms with Crippen LogP contribution < -0.4 is 16.2 Å². The summed E-state index contributed by atoms with van der Waals surface area (Å²) in [6.07, 6.45) is 0. The van der Waals surface area contributed by atoms with Gasteiger partial charge in [-0.05, 0) is 47.9 Å². The van der Waals surface area contributed by atoms with E-state index in [4.69, 9.17) is 0 Å². The van der Waals surface area contributed by atoms with Crippen LogP contribution in [0.2, 0.25) is 0 Å². The molecule has 6 N–H and O–H groups in total. The number of amides is 3. The predicted molar refractivity (Wildman–Crippen MR) is 207 cm³/mol. The van der Waals surface area contributed by atoms with E-state index in [9.17, 15) is 47.7 Å². The number of hydrogen-bond acceptors (Lipinski definition) is 14. The van der Waals surface area contributed by atoms with Gasteiger partial charge in [0.1, 0.15) is 33.7 Å². The maximum absolute atomic E-state index is 13.8. The zero-order valence-electron chi connectivity index (χ0n) is 29.4. The van der Waals surface area contributed by atoms with E-state index in [1.807, 2.05) is 6.92 Å². The van der Waals surface area contributed by atoms with Crippen LogP contribution in [0.4, 0.5) is 0 Å². The summed E-state index contributed by atoms with van der Waals surface area (Å²) in [6, 6.07) is 14.0. The summed E-state index contributed by atoms with van der Waals surface area (Å²) >= 11 is 4.00. The number of H-pyrrole nitrogens is 1. The van der Waals surface area contributed by atoms with E-state index in [0.29, 0.717) is 26.8 Å². The fourth-order valence-electron chi connectivity index (χ4n) is 6.02. The third kappa shape index (κ3) is 8.57. The van der Waals surface area contributed by atoms with E-state index in [2.05, 4.69) is 25.8 Å². The molecule has 17 nitrogen and oxygen atoms in total. The number of benzene rings is 2. The number of carboxylic acid groups (broad SMARTS) is 1. The van der Waals surface area contributed by atoms with Crippen LogP contribution in [-0.4, -0.2) is 121 Å². The number of rotatable bonds is 16. The molecule has 3 atom stereocenters. The molecule has 1 fully saturated rings. The van der Waals surface area contributed by atoms with Crippen LogP contribution in [-0.2, 0) is 24.4 Å². The second-order valence-electron chi connectivity index (χ2n) is 12.3. The highest BCUT2D eigenvalue weighted by atomic mass is 32.2. The lowest BCUT2D eigenvalue weighted by Gasteiger charge is -2.49. The van der Waals surface area contributed by atoms with Gasteiger partial charge in [0.25, 0.3) is 17.4 Å². The molecule has 2 aliphatic heterocycles. The molecule has 2 aliphatic rings. The molecule has 56 heavy (non-hydrogen) atoms. The highest BCUT2D eigenvalue weighted by Gasteiger charge is 2.54. The minimum absolute atomic E-state index is 0.0941. The van der Waals surface area contributed by atoms with Crippen LogP contribution in [0.3, 0.4) is 0 Å². The van der Waals surface area contributed by atoms with Crippen LogP contribution in [0.15, 0.2) is 92.0 Å². The van der Waals surface area contributed by atoms with Gasteiger partial charge < -0.3 is 30.9 Å². The Labute approximate surface area is 332 Å². The van der Waals surface area contributed by atoms with Crippen LogP contribution in [0, 0.1) is 6.92 Å². The number of fused-ring (bicyclic) bond motifs is 1. The molecule has 1 saturated heterocycles. The molecule has 0 saturated carbocycles. The van der Waals surface area contributed by atoms with Crippen molar-refractivity contribution in [2.45, 2.75) is 33.6 Å². The number of carbonyl (C=O) groups is 4. The van der Waals surface area contributed by atoms with Crippen LogP contribution in [0.5, 0.6) is 0 Å². The van der Waals surface area contributed by atoms with Crippen molar-refractivity contribution in [3.8, 4) is 11.3 Å². The van der Waals surface area contributed by atoms with Gasteiger partial charge in [-0.25, -0.2) is 13.2 Å². The average molecular weight is 842 g/mol. The van der Waals surface area contributed by atoms with Crippen molar-refractivity contribution < 1.29 is 42.9 Å². The Morgan fingerprint density at radius 3 is 2.32 bits per heavy atom. The molecule has 0 bridgehead atoms. The number of carboxylic acids is 1. The molecule has 4 heterocycles. The van der Waals surface area contributed by atoms with Gasteiger partial charge in [0, 0.05) is 30.3 Å². The molecule has 0 radical (unpaired) electrons. The molecule has 2 unspecified atom stereocenters. The number of nitrogens with zero attached hydrogens (tertiary/aromatic N) is 4. The highest BCUT2D eigenvalue weighted by molar-refractivity contribution is 8.01. The normalized spacial score (nSPS) is 17.3. The molecule has 2 aromatic carbocycles. The van der Waals surface area contributed by atoms with Crippen molar-refractivity contribution in [3.05, 3.63) is 104 Å². The predicted octanol–water partition coefficient (Wildman–Crippen LogP) is 1.18. The number of pyridine rings is 1. The topological polar surface area (TPSA) is 252 Å². The van der Waals surface area contributed by atoms with Crippen molar-refractivity contribution >= 4 is 68.6 Å². The first-order chi connectivity index (χ1) is 26.8. The summed E-state index contributed by atoms with van der Waals surface area (Å²) in [7, 11) is -4.02. The van der Waals surface area contributed by atoms with Gasteiger partial charge in [0.2, 0.25) is 15.9 Å². The van der Waals surface area contributed by atoms with Crippen molar-refractivity contribution in [1.29, 1.82) is 0 Å². The molecule has 21 heteroatoms. The van der Waals surface area contributed by atoms with Crippen molar-refractivity contribution in [2.24, 2.45) is 0 Å². The Morgan fingerprint density at radius 2 is 1.71 bits per heavy atom. The van der Waals surface area contributed by atoms with Crippen molar-refractivity contribution in [2.75, 3.05) is 37.8 Å². The molecule has 0 aliphatic carbocycles. The number of aliphatic carboxylic acids is 1. The van der Waals surface area contributed by atoms with Crippen LogP contribution >= 0.6 is 34.9 Å². The zero-order valence-corrected chi connectivity index (χ0v) is 32.7. The Morgan fingerprint density at radius 1 is 1.02 bits per heavy atom. The molecule has 3 amide bonds. The molecular formula is C35H35N7O10S4. The number of nitrogens with one attached hydrogen (secondary N) is 3. The summed E-state index contributed by atoms with van der Waals surface area (Å²) in [6.45, 7) is 0.529. The van der Waals surface area contributed by atoms with Crippen LogP contribution in [0.25, 0.3) is 11.3 Å². The average Bonchev–Trinajstić information content (AvgIpc) is 3.62. The smallest absolute Gasteiger partial charge is 0.352 e. The first-order valence-electron chi connectivity index (χ1n) is 16.9. The number of aryl methyl sites for hydroxylation is 1. The third-order valence-electron chi connectivity index (χ3n) is 8.75. The fraction of sp³-hybridized carbons (Fsp3) is 0.286. The van der Waals surface area contributed by atoms with Crippen molar-refractivity contribution in [1.82, 2.24) is 35.0 Å². The van der Waals surface area contributed by atoms with Gasteiger partial charge in [-0.15, -0.1) is 22.0 Å². The SMILES string of the molecule is Cc1nnc(SCC2=C(C(=O)O)N3C(=O)C(NC(=O)C(NC(=O)c4ccc(-c5ccc(S(=O)(=O)N(CCO)CCO)cc5)[nH]c4=O)c4ccccc4)[C@@H]3SC2)s1. The lowest BCUT2D eigenvalue weighted by molar-refractivity contribution is -0.151. The number of aliphatic hydroxyl groups is 2. The summed E-state index contributed by atoms with van der Waals surface area (Å²) in [5.41, 5.74) is 0.305. The summed E-state index contributed by atoms with van der Waals surface area (Å²) in [4.78, 5) is 70.0. The summed E-state index contributed by atoms with van der Waals surface area (Å²) in [5.74, 6) is -2.96. The Bertz CT molecular complexity index is 2330. The largest absolute Gasteiger partial charge is 0.477 e. The molecule has 2 aromatic heterocycles. The third-order valence-corrected chi connectivity index (χ3v) is 14.1. The molecular weight excluding hydrogens is 807 g/mol. The Kier molecular flexibility index (Phi) is 12.7. The number of carbonyl (C=O) groups excluding carboxylic acids is 3. The van der Waals surface area contributed by atoms with Gasteiger partial charge >= 0.3 is 5.97 Å². The quantitative estimate of drug-likeness (QED) is 0.0685. The number of thioether (sulfide) groups is 2. The number of β-lactam (4-membered cyclic amide) rings is 1.